The number of hydrogen-bond donors (Lipinski definition) is 4. The van der Waals surface area contributed by atoms with Gasteiger partial charge in [-0.05, 0) is 13.8 Å². The maximum absolute atomic E-state index is 10.2. The predicted molar refractivity (Wildman–Crippen MR) is 122 cm³/mol. The van der Waals surface area contributed by atoms with Gasteiger partial charge < -0.3 is 24.8 Å². The van der Waals surface area contributed by atoms with Gasteiger partial charge in [-0.25, -0.2) is 9.97 Å². The highest BCUT2D eigenvalue weighted by Crippen LogP contribution is 2.26. The average Bonchev–Trinajstić information content (AvgIpc) is 3.57. The number of aromatic nitrogens is 7. The minimum Gasteiger partial charge on any atom is -0.361 e. The van der Waals surface area contributed by atoms with Gasteiger partial charge in [0.1, 0.15) is 0 Å². The molecular weight excluding hydrogens is 440 g/mol. The minimum absolute atomic E-state index is 0.380. The Balaban J connectivity index is 1.38. The van der Waals surface area contributed by atoms with Crippen molar-refractivity contribution in [3.05, 3.63) is 54.0 Å². The van der Waals surface area contributed by atoms with Crippen LogP contribution in [-0.4, -0.2) is 52.5 Å². The van der Waals surface area contributed by atoms with Gasteiger partial charge in [-0.2, -0.15) is 5.10 Å². The van der Waals surface area contributed by atoms with Crippen LogP contribution in [0.15, 0.2) is 46.0 Å². The monoisotopic (exact) mass is 464 g/mol. The lowest BCUT2D eigenvalue weighted by Gasteiger charge is -2.14. The van der Waals surface area contributed by atoms with E-state index in [4.69, 9.17) is 14.0 Å². The van der Waals surface area contributed by atoms with Gasteiger partial charge in [0.2, 0.25) is 11.8 Å². The summed E-state index contributed by atoms with van der Waals surface area (Å²) in [7, 11) is 1.87. The number of nitrogens with zero attached hydrogens (tertiary/aromatic N) is 7. The molecule has 13 nitrogen and oxygen atoms in total. The summed E-state index contributed by atoms with van der Waals surface area (Å²) >= 11 is 0. The molecule has 0 aliphatic rings. The van der Waals surface area contributed by atoms with Gasteiger partial charge in [-0.3, -0.25) is 14.4 Å². The average molecular weight is 464 g/mol. The predicted octanol–water partition coefficient (Wildman–Crippen LogP) is 1.99. The first-order valence-corrected chi connectivity index (χ1v) is 10.6. The fourth-order valence-electron chi connectivity index (χ4n) is 3.50. The van der Waals surface area contributed by atoms with E-state index in [1.165, 1.54) is 0 Å². The van der Waals surface area contributed by atoms with Gasteiger partial charge in [0.05, 0.1) is 35.2 Å². The Kier molecular flexibility index (Phi) is 5.69. The molecule has 0 aromatic carbocycles. The van der Waals surface area contributed by atoms with Gasteiger partial charge in [0.15, 0.2) is 17.8 Å². The second-order valence-electron chi connectivity index (χ2n) is 7.86. The molecule has 0 saturated heterocycles. The van der Waals surface area contributed by atoms with E-state index in [0.29, 0.717) is 36.2 Å². The highest BCUT2D eigenvalue weighted by molar-refractivity contribution is 5.73. The molecule has 1 atom stereocenters. The largest absolute Gasteiger partial charge is 0.361 e. The number of aryl methyl sites for hydroxylation is 3. The highest BCUT2D eigenvalue weighted by Gasteiger charge is 2.16. The van der Waals surface area contributed by atoms with E-state index in [1.54, 1.807) is 36.1 Å². The lowest BCUT2D eigenvalue weighted by Crippen LogP contribution is -2.37. The summed E-state index contributed by atoms with van der Waals surface area (Å²) in [6.45, 7) is 4.09. The normalized spacial score (nSPS) is 12.4. The summed E-state index contributed by atoms with van der Waals surface area (Å²) in [5, 5.41) is 31.1. The number of hydrogen-bond acceptors (Lipinski definition) is 11. The maximum atomic E-state index is 10.2. The van der Waals surface area contributed by atoms with Crippen molar-refractivity contribution in [1.82, 2.24) is 39.8 Å². The molecule has 5 heterocycles. The molecule has 176 valence electrons. The SMILES string of the molecule is Cc1cc(Nc2nc(CCNC(O)Nc3cc(C)no3)cn3c(-c4cnn(C)c4)cnc23)on1. The van der Waals surface area contributed by atoms with Gasteiger partial charge >= 0.3 is 0 Å². The second-order valence-corrected chi connectivity index (χ2v) is 7.86. The molecule has 0 aliphatic heterocycles. The van der Waals surface area contributed by atoms with Crippen LogP contribution in [0.4, 0.5) is 17.6 Å². The van der Waals surface area contributed by atoms with E-state index in [9.17, 15) is 5.11 Å². The molecule has 0 amide bonds. The lowest BCUT2D eigenvalue weighted by molar-refractivity contribution is 0.162. The highest BCUT2D eigenvalue weighted by atomic mass is 16.5. The lowest BCUT2D eigenvalue weighted by atomic mass is 10.2. The molecule has 34 heavy (non-hydrogen) atoms. The van der Waals surface area contributed by atoms with Crippen LogP contribution in [0.2, 0.25) is 0 Å². The number of aliphatic hydroxyl groups excluding tert-OH is 1. The third-order valence-electron chi connectivity index (χ3n) is 5.04. The molecule has 0 aliphatic carbocycles. The van der Waals surface area contributed by atoms with Crippen molar-refractivity contribution in [3.8, 4) is 11.3 Å². The fraction of sp³-hybridized carbons (Fsp3) is 0.286. The van der Waals surface area contributed by atoms with Crippen molar-refractivity contribution in [2.24, 2.45) is 7.05 Å². The van der Waals surface area contributed by atoms with Crippen LogP contribution >= 0.6 is 0 Å². The Morgan fingerprint density at radius 1 is 1.06 bits per heavy atom. The van der Waals surface area contributed by atoms with Crippen molar-refractivity contribution in [1.29, 1.82) is 0 Å². The summed E-state index contributed by atoms with van der Waals surface area (Å²) in [4.78, 5) is 9.29. The molecule has 5 rings (SSSR count). The van der Waals surface area contributed by atoms with Crippen LogP contribution < -0.4 is 16.0 Å². The third kappa shape index (κ3) is 4.60. The quantitative estimate of drug-likeness (QED) is 0.237. The molecule has 5 aromatic heterocycles. The van der Waals surface area contributed by atoms with Crippen molar-refractivity contribution in [2.75, 3.05) is 17.2 Å². The van der Waals surface area contributed by atoms with Crippen LogP contribution in [-0.2, 0) is 13.5 Å². The number of fused-ring (bicyclic) bond motifs is 1. The molecule has 1 unspecified atom stereocenters. The summed E-state index contributed by atoms with van der Waals surface area (Å²) in [6.07, 6.45) is 6.92. The molecule has 4 N–H and O–H groups in total. The molecule has 0 saturated carbocycles. The Bertz CT molecular complexity index is 1420. The Morgan fingerprint density at radius 3 is 2.50 bits per heavy atom. The smallest absolute Gasteiger partial charge is 0.230 e. The molecule has 0 bridgehead atoms. The fourth-order valence-corrected chi connectivity index (χ4v) is 3.50. The topological polar surface area (TPSA) is 156 Å². The standard InChI is InChI=1S/C21H24N10O3/c1-12-6-17(33-28-12)26-19-20-23-9-16(14-8-24-30(3)10-14)31(20)11-15(25-19)4-5-22-21(32)27-18-7-13(2)29-34-18/h6-11,21-22,27,32H,4-5H2,1-3H3,(H,25,26). The minimum atomic E-state index is -1.01. The zero-order valence-corrected chi connectivity index (χ0v) is 18.8. The van der Waals surface area contributed by atoms with Crippen LogP contribution in [0.1, 0.15) is 17.1 Å². The van der Waals surface area contributed by atoms with Gasteiger partial charge in [0.25, 0.3) is 0 Å². The number of aliphatic hydroxyl groups is 1. The Labute approximate surface area is 193 Å². The van der Waals surface area contributed by atoms with Crippen LogP contribution in [0, 0.1) is 13.8 Å². The number of rotatable bonds is 9. The third-order valence-corrected chi connectivity index (χ3v) is 5.04. The first-order valence-electron chi connectivity index (χ1n) is 10.6. The molecule has 0 radical (unpaired) electrons. The van der Waals surface area contributed by atoms with Gasteiger partial charge in [-0.1, -0.05) is 10.3 Å². The van der Waals surface area contributed by atoms with Crippen molar-refractivity contribution < 1.29 is 14.2 Å². The molecular formula is C21H24N10O3. The summed E-state index contributed by atoms with van der Waals surface area (Å²) in [5.41, 5.74) is 4.67. The molecule has 0 fully saturated rings. The Hall–Kier alpha value is -4.23. The van der Waals surface area contributed by atoms with E-state index in [1.807, 2.05) is 30.8 Å². The van der Waals surface area contributed by atoms with E-state index in [0.717, 1.165) is 28.3 Å². The Morgan fingerprint density at radius 2 is 1.82 bits per heavy atom. The summed E-state index contributed by atoms with van der Waals surface area (Å²) in [5.74, 6) is 1.38. The number of anilines is 3. The van der Waals surface area contributed by atoms with E-state index >= 15 is 0 Å². The van der Waals surface area contributed by atoms with Crippen molar-refractivity contribution in [2.45, 2.75) is 26.6 Å². The first-order chi connectivity index (χ1) is 16.4. The number of imidazole rings is 1. The first kappa shape index (κ1) is 21.6. The maximum Gasteiger partial charge on any atom is 0.230 e. The van der Waals surface area contributed by atoms with E-state index < -0.39 is 6.35 Å². The summed E-state index contributed by atoms with van der Waals surface area (Å²) < 4.78 is 14.1. The zero-order valence-electron chi connectivity index (χ0n) is 18.8. The van der Waals surface area contributed by atoms with Crippen LogP contribution in [0.5, 0.6) is 0 Å². The van der Waals surface area contributed by atoms with Gasteiger partial charge in [-0.15, -0.1) is 0 Å². The van der Waals surface area contributed by atoms with E-state index in [2.05, 4.69) is 36.3 Å². The molecule has 13 heteroatoms. The van der Waals surface area contributed by atoms with Crippen molar-refractivity contribution >= 4 is 23.2 Å². The number of nitrogens with one attached hydrogen (secondary N) is 3. The van der Waals surface area contributed by atoms with E-state index in [-0.39, 0.29) is 0 Å². The second kappa shape index (κ2) is 8.96. The van der Waals surface area contributed by atoms with Crippen molar-refractivity contribution in [3.63, 3.8) is 0 Å². The zero-order chi connectivity index (χ0) is 23.7. The van der Waals surface area contributed by atoms with Gasteiger partial charge in [0, 0.05) is 50.1 Å². The van der Waals surface area contributed by atoms with Crippen LogP contribution in [0.25, 0.3) is 16.9 Å². The molecule has 5 aromatic rings. The van der Waals surface area contributed by atoms with Crippen LogP contribution in [0.3, 0.4) is 0 Å². The summed E-state index contributed by atoms with van der Waals surface area (Å²) in [6, 6.07) is 3.48. The molecule has 0 spiro atoms.